The number of hydrazone groups is 1. The van der Waals surface area contributed by atoms with Gasteiger partial charge in [-0.05, 0) is 37.5 Å². The van der Waals surface area contributed by atoms with Crippen LogP contribution in [-0.2, 0) is 4.79 Å². The van der Waals surface area contributed by atoms with Crippen molar-refractivity contribution in [1.82, 2.24) is 20.2 Å². The highest BCUT2D eigenvalue weighted by Crippen LogP contribution is 2.35. The molecule has 0 bridgehead atoms. The first-order chi connectivity index (χ1) is 16.0. The Morgan fingerprint density at radius 3 is 2.61 bits per heavy atom. The summed E-state index contributed by atoms with van der Waals surface area (Å²) in [6, 6.07) is 13.8. The molecular formula is C24H25Cl2N5OS. The Morgan fingerprint density at radius 1 is 1.12 bits per heavy atom. The van der Waals surface area contributed by atoms with E-state index in [1.807, 2.05) is 0 Å². The highest BCUT2D eigenvalue weighted by molar-refractivity contribution is 7.99. The van der Waals surface area contributed by atoms with Crippen molar-refractivity contribution in [3.8, 4) is 11.4 Å². The van der Waals surface area contributed by atoms with Gasteiger partial charge in [-0.1, -0.05) is 90.1 Å². The predicted molar refractivity (Wildman–Crippen MR) is 135 cm³/mol. The van der Waals surface area contributed by atoms with E-state index in [-0.39, 0.29) is 11.7 Å². The number of rotatable bonds is 7. The van der Waals surface area contributed by atoms with E-state index in [0.29, 0.717) is 16.1 Å². The third kappa shape index (κ3) is 6.16. The van der Waals surface area contributed by atoms with E-state index in [2.05, 4.69) is 56.5 Å². The van der Waals surface area contributed by atoms with Crippen LogP contribution in [0.3, 0.4) is 0 Å². The van der Waals surface area contributed by atoms with Gasteiger partial charge in [0.15, 0.2) is 11.0 Å². The maximum atomic E-state index is 12.4. The molecule has 1 heterocycles. The molecule has 172 valence electrons. The summed E-state index contributed by atoms with van der Waals surface area (Å²) in [7, 11) is 0. The van der Waals surface area contributed by atoms with Gasteiger partial charge in [0.05, 0.1) is 22.0 Å². The lowest BCUT2D eigenvalue weighted by molar-refractivity contribution is -0.118. The van der Waals surface area contributed by atoms with Crippen molar-refractivity contribution >= 4 is 47.1 Å². The number of nitrogens with zero attached hydrogens (tertiary/aromatic N) is 4. The van der Waals surface area contributed by atoms with Gasteiger partial charge in [0.2, 0.25) is 0 Å². The fraction of sp³-hybridized carbons (Fsp3) is 0.333. The summed E-state index contributed by atoms with van der Waals surface area (Å²) in [6.07, 6.45) is 7.40. The SMILES string of the molecule is Cc1ccc(-c2nnc(SCC(=O)NN=Cc3ccc(Cl)c(Cl)c3)n2C2CCCCC2)cc1. The molecule has 1 aliphatic rings. The Morgan fingerprint density at radius 2 is 1.88 bits per heavy atom. The lowest BCUT2D eigenvalue weighted by Gasteiger charge is -2.25. The number of halogens is 2. The van der Waals surface area contributed by atoms with Crippen molar-refractivity contribution in [2.24, 2.45) is 5.10 Å². The molecule has 4 rings (SSSR count). The van der Waals surface area contributed by atoms with E-state index in [9.17, 15) is 4.79 Å². The predicted octanol–water partition coefficient (Wildman–Crippen LogP) is 6.31. The minimum Gasteiger partial charge on any atom is -0.299 e. The van der Waals surface area contributed by atoms with Crippen molar-refractivity contribution in [1.29, 1.82) is 0 Å². The van der Waals surface area contributed by atoms with Gasteiger partial charge in [0.1, 0.15) is 0 Å². The van der Waals surface area contributed by atoms with Crippen molar-refractivity contribution in [2.75, 3.05) is 5.75 Å². The highest BCUT2D eigenvalue weighted by Gasteiger charge is 2.24. The molecule has 1 N–H and O–H groups in total. The molecule has 0 radical (unpaired) electrons. The van der Waals surface area contributed by atoms with Crippen LogP contribution in [0, 0.1) is 6.92 Å². The summed E-state index contributed by atoms with van der Waals surface area (Å²) in [5.74, 6) is 0.839. The molecule has 1 aromatic heterocycles. The average molecular weight is 502 g/mol. The fourth-order valence-corrected chi connectivity index (χ4v) is 4.98. The summed E-state index contributed by atoms with van der Waals surface area (Å²) < 4.78 is 2.22. The number of hydrogen-bond donors (Lipinski definition) is 1. The van der Waals surface area contributed by atoms with E-state index < -0.39 is 0 Å². The van der Waals surface area contributed by atoms with Crippen LogP contribution >= 0.6 is 35.0 Å². The van der Waals surface area contributed by atoms with Crippen molar-refractivity contribution in [3.63, 3.8) is 0 Å². The minimum absolute atomic E-state index is 0.192. The van der Waals surface area contributed by atoms with Gasteiger partial charge in [-0.25, -0.2) is 5.43 Å². The Labute approximate surface area is 207 Å². The quantitative estimate of drug-likeness (QED) is 0.234. The summed E-state index contributed by atoms with van der Waals surface area (Å²) in [5.41, 5.74) is 5.55. The Kier molecular flexibility index (Phi) is 8.06. The number of carbonyl (C=O) groups is 1. The third-order valence-electron chi connectivity index (χ3n) is 5.59. The van der Waals surface area contributed by atoms with Crippen molar-refractivity contribution < 1.29 is 4.79 Å². The second-order valence-electron chi connectivity index (χ2n) is 8.09. The van der Waals surface area contributed by atoms with Crippen LogP contribution in [0.2, 0.25) is 10.0 Å². The monoisotopic (exact) mass is 501 g/mol. The van der Waals surface area contributed by atoms with Gasteiger partial charge < -0.3 is 0 Å². The van der Waals surface area contributed by atoms with Crippen LogP contribution < -0.4 is 5.43 Å². The lowest BCUT2D eigenvalue weighted by atomic mass is 9.95. The molecule has 0 spiro atoms. The van der Waals surface area contributed by atoms with Crippen LogP contribution in [0.4, 0.5) is 0 Å². The first-order valence-corrected chi connectivity index (χ1v) is 12.7. The highest BCUT2D eigenvalue weighted by atomic mass is 35.5. The first kappa shape index (κ1) is 23.8. The zero-order valence-electron chi connectivity index (χ0n) is 18.3. The number of hydrogen-bond acceptors (Lipinski definition) is 5. The van der Waals surface area contributed by atoms with E-state index in [4.69, 9.17) is 23.2 Å². The number of thioether (sulfide) groups is 1. The van der Waals surface area contributed by atoms with Gasteiger partial charge in [0, 0.05) is 11.6 Å². The van der Waals surface area contributed by atoms with Gasteiger partial charge >= 0.3 is 0 Å². The van der Waals surface area contributed by atoms with Gasteiger partial charge in [-0.15, -0.1) is 10.2 Å². The standard InChI is InChI=1S/C24H25Cl2N5OS/c1-16-7-10-18(11-8-16)23-29-30-24(31(23)19-5-3-2-4-6-19)33-15-22(32)28-27-14-17-9-12-20(25)21(26)13-17/h7-14,19H,2-6,15H2,1H3,(H,28,32). The summed E-state index contributed by atoms with van der Waals surface area (Å²) in [6.45, 7) is 2.07. The zero-order valence-corrected chi connectivity index (χ0v) is 20.6. The second kappa shape index (κ2) is 11.2. The number of carbonyl (C=O) groups excluding carboxylic acids is 1. The van der Waals surface area contributed by atoms with E-state index in [1.54, 1.807) is 18.2 Å². The molecule has 1 fully saturated rings. The first-order valence-electron chi connectivity index (χ1n) is 10.9. The van der Waals surface area contributed by atoms with Crippen LogP contribution in [0.15, 0.2) is 52.7 Å². The minimum atomic E-state index is -0.216. The molecule has 6 nitrogen and oxygen atoms in total. The molecule has 3 aromatic rings. The summed E-state index contributed by atoms with van der Waals surface area (Å²) >= 11 is 13.3. The molecule has 1 saturated carbocycles. The zero-order chi connectivity index (χ0) is 23.2. The molecule has 0 unspecified atom stereocenters. The van der Waals surface area contributed by atoms with Gasteiger partial charge in [0.25, 0.3) is 5.91 Å². The van der Waals surface area contributed by atoms with Crippen LogP contribution in [0.1, 0.15) is 49.3 Å². The normalized spacial score (nSPS) is 14.6. The summed E-state index contributed by atoms with van der Waals surface area (Å²) in [5, 5.41) is 14.6. The fourth-order valence-electron chi connectivity index (χ4n) is 3.88. The molecule has 9 heteroatoms. The Balaban J connectivity index is 1.44. The summed E-state index contributed by atoms with van der Waals surface area (Å²) in [4.78, 5) is 12.4. The maximum absolute atomic E-state index is 12.4. The number of nitrogens with one attached hydrogen (secondary N) is 1. The number of benzene rings is 2. The lowest BCUT2D eigenvalue weighted by Crippen LogP contribution is -2.20. The van der Waals surface area contributed by atoms with E-state index in [0.717, 1.165) is 34.9 Å². The average Bonchev–Trinajstić information content (AvgIpc) is 3.25. The van der Waals surface area contributed by atoms with Crippen LogP contribution in [-0.4, -0.2) is 32.6 Å². The van der Waals surface area contributed by atoms with Crippen molar-refractivity contribution in [2.45, 2.75) is 50.2 Å². The third-order valence-corrected chi connectivity index (χ3v) is 7.28. The molecule has 0 aliphatic heterocycles. The molecule has 1 amide bonds. The Bertz CT molecular complexity index is 1140. The molecular weight excluding hydrogens is 477 g/mol. The molecule has 33 heavy (non-hydrogen) atoms. The van der Waals surface area contributed by atoms with Crippen molar-refractivity contribution in [3.05, 3.63) is 63.6 Å². The largest absolute Gasteiger partial charge is 0.299 e. The molecule has 1 aliphatic carbocycles. The topological polar surface area (TPSA) is 72.2 Å². The van der Waals surface area contributed by atoms with E-state index in [1.165, 1.54) is 42.8 Å². The van der Waals surface area contributed by atoms with Gasteiger partial charge in [-0.3, -0.25) is 9.36 Å². The van der Waals surface area contributed by atoms with Crippen LogP contribution in [0.5, 0.6) is 0 Å². The molecule has 0 atom stereocenters. The number of aryl methyl sites for hydroxylation is 1. The molecule has 0 saturated heterocycles. The smallest absolute Gasteiger partial charge is 0.250 e. The van der Waals surface area contributed by atoms with Crippen LogP contribution in [0.25, 0.3) is 11.4 Å². The number of aromatic nitrogens is 3. The molecule has 2 aromatic carbocycles. The second-order valence-corrected chi connectivity index (χ2v) is 9.85. The Hall–Kier alpha value is -2.35. The van der Waals surface area contributed by atoms with Gasteiger partial charge in [-0.2, -0.15) is 5.10 Å². The van der Waals surface area contributed by atoms with E-state index >= 15 is 0 Å². The number of amides is 1. The maximum Gasteiger partial charge on any atom is 0.250 e.